The van der Waals surface area contributed by atoms with E-state index in [1.54, 1.807) is 7.11 Å². The number of carbonyl (C=O) groups excluding carboxylic acids is 1. The van der Waals surface area contributed by atoms with Crippen LogP contribution in [0.4, 0.5) is 11.4 Å². The maximum Gasteiger partial charge on any atom is 0.219 e. The summed E-state index contributed by atoms with van der Waals surface area (Å²) >= 11 is 0. The summed E-state index contributed by atoms with van der Waals surface area (Å²) in [4.78, 5) is 14.4. The monoisotopic (exact) mass is 563 g/mol. The van der Waals surface area contributed by atoms with E-state index in [0.29, 0.717) is 16.9 Å². The minimum absolute atomic E-state index is 0.0229. The first-order valence-corrected chi connectivity index (χ1v) is 14.8. The maximum absolute atomic E-state index is 14.4. The highest BCUT2D eigenvalue weighted by atomic mass is 16.5. The number of nitrogens with zero attached hydrogens (tertiary/aromatic N) is 2. The predicted molar refractivity (Wildman–Crippen MR) is 178 cm³/mol. The summed E-state index contributed by atoms with van der Waals surface area (Å²) in [5, 5.41) is 1.05. The van der Waals surface area contributed by atoms with Crippen LogP contribution < -0.4 is 4.58 Å². The van der Waals surface area contributed by atoms with E-state index in [1.807, 2.05) is 12.1 Å². The molecule has 2 aliphatic rings. The summed E-state index contributed by atoms with van der Waals surface area (Å²) in [6.45, 7) is 12.7. The van der Waals surface area contributed by atoms with E-state index in [1.165, 1.54) is 22.3 Å². The average Bonchev–Trinajstić information content (AvgIpc) is 3.41. The Morgan fingerprint density at radius 1 is 0.674 bits per heavy atom. The van der Waals surface area contributed by atoms with Gasteiger partial charge in [0.2, 0.25) is 17.2 Å². The van der Waals surface area contributed by atoms with E-state index < -0.39 is 0 Å². The Morgan fingerprint density at radius 3 is 1.95 bits per heavy atom. The second-order valence-corrected chi connectivity index (χ2v) is 11.9. The number of ether oxygens (including phenoxy) is 1. The zero-order valence-corrected chi connectivity index (χ0v) is 25.8. The molecule has 1 aliphatic heterocycles. The molecule has 4 heteroatoms. The number of aryl methyl sites for hydroxylation is 4. The summed E-state index contributed by atoms with van der Waals surface area (Å²) < 4.78 is 10.7. The summed E-state index contributed by atoms with van der Waals surface area (Å²) in [7, 11) is 1.68. The minimum atomic E-state index is 0.0229. The fourth-order valence-electron chi connectivity index (χ4n) is 7.24. The van der Waals surface area contributed by atoms with Gasteiger partial charge in [-0.05, 0) is 81.1 Å². The fraction of sp³-hybridized carbons (Fsp3) is 0.179. The van der Waals surface area contributed by atoms with Gasteiger partial charge in [-0.15, -0.1) is 0 Å². The van der Waals surface area contributed by atoms with Crippen molar-refractivity contribution in [2.45, 2.75) is 41.5 Å². The van der Waals surface area contributed by atoms with Crippen LogP contribution in [0, 0.1) is 34.6 Å². The highest BCUT2D eigenvalue weighted by Crippen LogP contribution is 2.49. The fourth-order valence-corrected chi connectivity index (χ4v) is 7.24. The first kappa shape index (κ1) is 26.9. The normalized spacial score (nSPS) is 16.3. The summed E-state index contributed by atoms with van der Waals surface area (Å²) in [6.07, 6.45) is 0. The van der Waals surface area contributed by atoms with Gasteiger partial charge in [0.15, 0.2) is 5.71 Å². The number of hydrogen-bond donors (Lipinski definition) is 0. The first-order chi connectivity index (χ1) is 20.7. The number of hydrogen-bond acceptors (Lipinski definition) is 2. The molecule has 5 aromatic rings. The van der Waals surface area contributed by atoms with Crippen LogP contribution in [0.2, 0.25) is 0 Å². The van der Waals surface area contributed by atoms with Crippen molar-refractivity contribution in [2.75, 3.05) is 7.11 Å². The quantitative estimate of drug-likeness (QED) is 0.162. The molecule has 0 unspecified atom stereocenters. The summed E-state index contributed by atoms with van der Waals surface area (Å²) in [5.74, 6) is 0.678. The number of fused-ring (bicyclic) bond motifs is 2. The Bertz CT molecular complexity index is 2090. The van der Waals surface area contributed by atoms with E-state index >= 15 is 0 Å². The molecule has 0 spiro atoms. The molecule has 0 amide bonds. The highest BCUT2D eigenvalue weighted by molar-refractivity contribution is 6.48. The summed E-state index contributed by atoms with van der Waals surface area (Å²) in [5.41, 5.74) is 15.4. The molecule has 4 nitrogen and oxygen atoms in total. The van der Waals surface area contributed by atoms with Gasteiger partial charge in [0, 0.05) is 47.5 Å². The van der Waals surface area contributed by atoms with Gasteiger partial charge in [-0.3, -0.25) is 4.79 Å². The van der Waals surface area contributed by atoms with E-state index in [0.717, 1.165) is 56.1 Å². The highest BCUT2D eigenvalue weighted by Gasteiger charge is 2.46. The van der Waals surface area contributed by atoms with Gasteiger partial charge in [-0.2, -0.15) is 4.58 Å². The summed E-state index contributed by atoms with van der Waals surface area (Å²) in [6, 6.07) is 29.9. The van der Waals surface area contributed by atoms with Crippen LogP contribution in [0.5, 0.6) is 0 Å². The third kappa shape index (κ3) is 3.97. The van der Waals surface area contributed by atoms with E-state index in [9.17, 15) is 4.79 Å². The van der Waals surface area contributed by atoms with Crippen LogP contribution in [-0.2, 0) is 9.53 Å². The standard InChI is InChI=1S/C39H35N2O2/c1-22-16-23(2)19-28(18-22)40-26(5)34(30-12-8-10-14-32(30)40)36-38(42)37(39(36)43-7)35-27(6)41(33-15-11-9-13-31(33)35)29-20-24(3)17-25(4)21-29/h8-21H,1-7H3/q+1. The second kappa shape index (κ2) is 9.81. The number of benzene rings is 4. The van der Waals surface area contributed by atoms with Crippen LogP contribution in [0.3, 0.4) is 0 Å². The van der Waals surface area contributed by atoms with Crippen molar-refractivity contribution in [3.8, 4) is 5.69 Å². The molecule has 43 heavy (non-hydrogen) atoms. The van der Waals surface area contributed by atoms with Crippen molar-refractivity contribution in [1.29, 1.82) is 0 Å². The zero-order valence-electron chi connectivity index (χ0n) is 25.8. The van der Waals surface area contributed by atoms with Crippen molar-refractivity contribution < 1.29 is 9.53 Å². The molecular weight excluding hydrogens is 528 g/mol. The van der Waals surface area contributed by atoms with E-state index in [4.69, 9.17) is 4.74 Å². The molecule has 1 aromatic heterocycles. The number of allylic oxidation sites excluding steroid dienone is 3. The lowest BCUT2D eigenvalue weighted by molar-refractivity contribution is -0.111. The predicted octanol–water partition coefficient (Wildman–Crippen LogP) is 8.88. The molecule has 0 radical (unpaired) electrons. The lowest BCUT2D eigenvalue weighted by Gasteiger charge is -2.26. The smallest absolute Gasteiger partial charge is 0.219 e. The number of Topliss-reactive ketones (excluding diaryl/α,β-unsaturated/α-hetero) is 1. The number of ketones is 1. The molecule has 0 bridgehead atoms. The van der Waals surface area contributed by atoms with Crippen LogP contribution in [0.15, 0.2) is 96.3 Å². The second-order valence-electron chi connectivity index (χ2n) is 11.9. The number of aromatic nitrogens is 1. The third-order valence-electron chi connectivity index (χ3n) is 8.76. The first-order valence-electron chi connectivity index (χ1n) is 14.8. The minimum Gasteiger partial charge on any atom is -0.495 e. The Kier molecular flexibility index (Phi) is 6.14. The van der Waals surface area contributed by atoms with E-state index in [-0.39, 0.29) is 5.78 Å². The number of methoxy groups -OCH3 is 1. The van der Waals surface area contributed by atoms with Crippen molar-refractivity contribution >= 4 is 44.9 Å². The van der Waals surface area contributed by atoms with Crippen molar-refractivity contribution in [3.63, 3.8) is 0 Å². The number of para-hydroxylation sites is 2. The Morgan fingerprint density at radius 2 is 1.28 bits per heavy atom. The molecule has 7 rings (SSSR count). The molecule has 0 N–H and O–H groups in total. The van der Waals surface area contributed by atoms with Gasteiger partial charge >= 0.3 is 0 Å². The van der Waals surface area contributed by atoms with Crippen LogP contribution >= 0.6 is 0 Å². The van der Waals surface area contributed by atoms with Gasteiger partial charge in [0.05, 0.1) is 34.9 Å². The van der Waals surface area contributed by atoms with Gasteiger partial charge in [0.25, 0.3) is 0 Å². The van der Waals surface area contributed by atoms with Crippen molar-refractivity contribution in [2.24, 2.45) is 0 Å². The lowest BCUT2D eigenvalue weighted by atomic mass is 9.78. The molecule has 1 aliphatic carbocycles. The topological polar surface area (TPSA) is 34.2 Å². The molecule has 2 heterocycles. The van der Waals surface area contributed by atoms with Gasteiger partial charge in [0.1, 0.15) is 5.76 Å². The molecular formula is C39H35N2O2+. The molecule has 0 atom stereocenters. The SMILES string of the molecule is COC1=C(c2c(C)n(-c3cc(C)cc(C)c3)c3ccccc23)C(=O)/C1=C1\C(C)=[N+](c2cc(C)cc(C)c2)c2ccccc21. The molecule has 4 aromatic carbocycles. The molecule has 0 saturated heterocycles. The molecule has 0 saturated carbocycles. The van der Waals surface area contributed by atoms with Crippen molar-refractivity contribution in [3.05, 3.63) is 135 Å². The molecule has 212 valence electrons. The number of rotatable bonds is 4. The Balaban J connectivity index is 1.49. The maximum atomic E-state index is 14.4. The third-order valence-corrected chi connectivity index (χ3v) is 8.76. The molecule has 0 fully saturated rings. The van der Waals surface area contributed by atoms with Crippen molar-refractivity contribution in [1.82, 2.24) is 9.14 Å². The van der Waals surface area contributed by atoms with Crippen LogP contribution in [0.1, 0.15) is 46.0 Å². The average molecular weight is 564 g/mol. The largest absolute Gasteiger partial charge is 0.495 e. The zero-order chi connectivity index (χ0) is 30.2. The van der Waals surface area contributed by atoms with Crippen LogP contribution in [0.25, 0.3) is 27.7 Å². The van der Waals surface area contributed by atoms with Gasteiger partial charge in [-0.1, -0.05) is 42.5 Å². The van der Waals surface area contributed by atoms with Gasteiger partial charge in [-0.25, -0.2) is 0 Å². The Hall–Kier alpha value is -4.96. The van der Waals surface area contributed by atoms with Crippen LogP contribution in [-0.4, -0.2) is 23.2 Å². The van der Waals surface area contributed by atoms with Gasteiger partial charge < -0.3 is 9.30 Å². The lowest BCUT2D eigenvalue weighted by Crippen LogP contribution is -2.26. The Labute approximate surface area is 252 Å². The van der Waals surface area contributed by atoms with E-state index in [2.05, 4.69) is 123 Å². The number of carbonyl (C=O) groups is 1.